The van der Waals surface area contributed by atoms with Gasteiger partial charge >= 0.3 is 6.01 Å². The van der Waals surface area contributed by atoms with E-state index in [0.717, 1.165) is 12.1 Å². The number of benzene rings is 1. The number of hydrogen-bond acceptors (Lipinski definition) is 7. The quantitative estimate of drug-likeness (QED) is 0.588. The Morgan fingerprint density at radius 3 is 2.30 bits per heavy atom. The predicted octanol–water partition coefficient (Wildman–Crippen LogP) is 2.36. The van der Waals surface area contributed by atoms with E-state index in [1.165, 1.54) is 7.11 Å². The Labute approximate surface area is 123 Å². The average molecular weight is 319 g/mol. The molecule has 1 heterocycles. The zero-order chi connectivity index (χ0) is 14.7. The van der Waals surface area contributed by atoms with E-state index in [1.54, 1.807) is 0 Å². The van der Waals surface area contributed by atoms with Gasteiger partial charge in [0.2, 0.25) is 11.9 Å². The Morgan fingerprint density at radius 2 is 1.75 bits per heavy atom. The van der Waals surface area contributed by atoms with Gasteiger partial charge in [-0.2, -0.15) is 15.0 Å². The molecule has 0 aliphatic heterocycles. The fourth-order valence-corrected chi connectivity index (χ4v) is 1.90. The van der Waals surface area contributed by atoms with Gasteiger partial charge in [-0.15, -0.1) is 0 Å². The van der Waals surface area contributed by atoms with Crippen molar-refractivity contribution >= 4 is 40.8 Å². The Balaban J connectivity index is 2.39. The normalized spacial score (nSPS) is 10.2. The lowest BCUT2D eigenvalue weighted by Crippen LogP contribution is -2.13. The zero-order valence-electron chi connectivity index (χ0n) is 10.1. The molecule has 1 aromatic carbocycles. The first-order chi connectivity index (χ1) is 9.53. The van der Waals surface area contributed by atoms with Crippen LogP contribution in [0.15, 0.2) is 12.1 Å². The lowest BCUT2D eigenvalue weighted by Gasteiger charge is -2.10. The van der Waals surface area contributed by atoms with Crippen LogP contribution >= 0.6 is 23.2 Å². The molecular weight excluding hydrogens is 310 g/mol. The van der Waals surface area contributed by atoms with E-state index in [4.69, 9.17) is 33.8 Å². The van der Waals surface area contributed by atoms with Crippen molar-refractivity contribution in [2.75, 3.05) is 17.9 Å². The van der Waals surface area contributed by atoms with Gasteiger partial charge in [0.25, 0.3) is 0 Å². The molecule has 0 saturated carbocycles. The number of nitrogens with zero attached hydrogens (tertiary/aromatic N) is 3. The average Bonchev–Trinajstić information content (AvgIpc) is 2.42. The van der Waals surface area contributed by atoms with Crippen LogP contribution in [0.1, 0.15) is 0 Å². The molecule has 0 bridgehead atoms. The first-order valence-corrected chi connectivity index (χ1v) is 5.97. The molecule has 0 radical (unpaired) electrons. The Hall–Kier alpha value is -1.90. The Bertz CT molecular complexity index is 596. The SMILES string of the molecule is COc1nc(NN)nc(Nc2c(Cl)cc(F)cc2Cl)n1. The van der Waals surface area contributed by atoms with Crippen molar-refractivity contribution < 1.29 is 9.13 Å². The first kappa shape index (κ1) is 14.5. The number of nitrogens with two attached hydrogens (primary N) is 1. The van der Waals surface area contributed by atoms with Crippen molar-refractivity contribution in [3.05, 3.63) is 28.0 Å². The van der Waals surface area contributed by atoms with Crippen LogP contribution in [-0.4, -0.2) is 22.1 Å². The summed E-state index contributed by atoms with van der Waals surface area (Å²) in [6, 6.07) is 2.25. The number of aromatic nitrogens is 3. The molecule has 0 fully saturated rings. The number of hydrazine groups is 1. The van der Waals surface area contributed by atoms with Crippen LogP contribution in [-0.2, 0) is 0 Å². The molecule has 106 valence electrons. The number of anilines is 3. The topological polar surface area (TPSA) is 98.0 Å². The van der Waals surface area contributed by atoms with E-state index in [2.05, 4.69) is 25.7 Å². The van der Waals surface area contributed by atoms with E-state index < -0.39 is 5.82 Å². The summed E-state index contributed by atoms with van der Waals surface area (Å²) in [4.78, 5) is 11.7. The van der Waals surface area contributed by atoms with Crippen molar-refractivity contribution in [2.45, 2.75) is 0 Å². The number of halogens is 3. The van der Waals surface area contributed by atoms with E-state index in [0.29, 0.717) is 0 Å². The highest BCUT2D eigenvalue weighted by Crippen LogP contribution is 2.33. The summed E-state index contributed by atoms with van der Waals surface area (Å²) in [6.07, 6.45) is 0. The third kappa shape index (κ3) is 3.16. The van der Waals surface area contributed by atoms with E-state index in [9.17, 15) is 4.39 Å². The Morgan fingerprint density at radius 1 is 1.15 bits per heavy atom. The van der Waals surface area contributed by atoms with Crippen LogP contribution in [0, 0.1) is 5.82 Å². The van der Waals surface area contributed by atoms with Gasteiger partial charge in [0.15, 0.2) is 0 Å². The lowest BCUT2D eigenvalue weighted by molar-refractivity contribution is 0.379. The zero-order valence-corrected chi connectivity index (χ0v) is 11.6. The van der Waals surface area contributed by atoms with Gasteiger partial charge in [-0.3, -0.25) is 5.43 Å². The summed E-state index contributed by atoms with van der Waals surface area (Å²) in [5.41, 5.74) is 2.51. The molecule has 2 aromatic rings. The number of ether oxygens (including phenoxy) is 1. The number of nitrogens with one attached hydrogen (secondary N) is 2. The molecule has 7 nitrogen and oxygen atoms in total. The van der Waals surface area contributed by atoms with Crippen LogP contribution < -0.4 is 21.3 Å². The van der Waals surface area contributed by atoms with E-state index in [-0.39, 0.29) is 33.6 Å². The summed E-state index contributed by atoms with van der Waals surface area (Å²) in [7, 11) is 1.39. The highest BCUT2D eigenvalue weighted by molar-refractivity contribution is 6.39. The number of rotatable bonds is 4. The van der Waals surface area contributed by atoms with Gasteiger partial charge < -0.3 is 10.1 Å². The molecule has 0 spiro atoms. The van der Waals surface area contributed by atoms with Crippen molar-refractivity contribution in [2.24, 2.45) is 5.84 Å². The maximum Gasteiger partial charge on any atom is 0.322 e. The van der Waals surface area contributed by atoms with Gasteiger partial charge in [-0.25, -0.2) is 10.2 Å². The van der Waals surface area contributed by atoms with Gasteiger partial charge in [0.1, 0.15) is 5.82 Å². The molecule has 2 rings (SSSR count). The summed E-state index contributed by atoms with van der Waals surface area (Å²) < 4.78 is 18.0. The monoisotopic (exact) mass is 318 g/mol. The minimum absolute atomic E-state index is 0.0322. The second-order valence-electron chi connectivity index (χ2n) is 3.48. The second-order valence-corrected chi connectivity index (χ2v) is 4.30. The van der Waals surface area contributed by atoms with Crippen LogP contribution in [0.25, 0.3) is 0 Å². The number of hydrogen-bond donors (Lipinski definition) is 3. The lowest BCUT2D eigenvalue weighted by atomic mass is 10.3. The molecule has 4 N–H and O–H groups in total. The van der Waals surface area contributed by atoms with Gasteiger partial charge in [0, 0.05) is 0 Å². The molecule has 1 aromatic heterocycles. The molecule has 20 heavy (non-hydrogen) atoms. The van der Waals surface area contributed by atoms with Gasteiger partial charge in [0.05, 0.1) is 22.8 Å². The molecule has 0 aliphatic carbocycles. The molecule has 0 amide bonds. The second kappa shape index (κ2) is 6.04. The molecule has 0 atom stereocenters. The van der Waals surface area contributed by atoms with Crippen molar-refractivity contribution in [3.8, 4) is 6.01 Å². The van der Waals surface area contributed by atoms with Crippen molar-refractivity contribution in [3.63, 3.8) is 0 Å². The molecule has 0 saturated heterocycles. The molecule has 0 unspecified atom stereocenters. The third-order valence-electron chi connectivity index (χ3n) is 2.17. The minimum atomic E-state index is -0.553. The standard InChI is InChI=1S/C10H9Cl2FN6O/c1-20-10-17-8(16-9(18-10)19-14)15-7-5(11)2-4(13)3-6(7)12/h2-3H,14H2,1H3,(H2,15,16,17,18,19). The first-order valence-electron chi connectivity index (χ1n) is 5.21. The summed E-state index contributed by atoms with van der Waals surface area (Å²) in [6.45, 7) is 0. The predicted molar refractivity (Wildman–Crippen MR) is 73.9 cm³/mol. The number of methoxy groups -OCH3 is 1. The smallest absolute Gasteiger partial charge is 0.322 e. The Kier molecular flexibility index (Phi) is 4.38. The molecule has 0 aliphatic rings. The largest absolute Gasteiger partial charge is 0.467 e. The summed E-state index contributed by atoms with van der Waals surface area (Å²) >= 11 is 11.8. The highest BCUT2D eigenvalue weighted by Gasteiger charge is 2.12. The summed E-state index contributed by atoms with van der Waals surface area (Å²) in [5.74, 6) is 4.84. The fourth-order valence-electron chi connectivity index (χ4n) is 1.34. The van der Waals surface area contributed by atoms with E-state index in [1.807, 2.05) is 0 Å². The van der Waals surface area contributed by atoms with E-state index >= 15 is 0 Å². The van der Waals surface area contributed by atoms with Crippen molar-refractivity contribution in [1.82, 2.24) is 15.0 Å². The maximum absolute atomic E-state index is 13.1. The molecular formula is C10H9Cl2FN6O. The number of nitrogen functional groups attached to an aromatic ring is 1. The highest BCUT2D eigenvalue weighted by atomic mass is 35.5. The molecule has 10 heteroatoms. The van der Waals surface area contributed by atoms with Crippen LogP contribution in [0.5, 0.6) is 6.01 Å². The van der Waals surface area contributed by atoms with Crippen LogP contribution in [0.3, 0.4) is 0 Å². The fraction of sp³-hybridized carbons (Fsp3) is 0.100. The van der Waals surface area contributed by atoms with Gasteiger partial charge in [-0.05, 0) is 12.1 Å². The maximum atomic E-state index is 13.1. The van der Waals surface area contributed by atoms with Crippen molar-refractivity contribution in [1.29, 1.82) is 0 Å². The third-order valence-corrected chi connectivity index (χ3v) is 2.77. The van der Waals surface area contributed by atoms with Gasteiger partial charge in [-0.1, -0.05) is 23.2 Å². The van der Waals surface area contributed by atoms with Crippen LogP contribution in [0.4, 0.5) is 22.0 Å². The minimum Gasteiger partial charge on any atom is -0.467 e. The summed E-state index contributed by atoms with van der Waals surface area (Å²) in [5, 5.41) is 2.91. The van der Waals surface area contributed by atoms with Crippen LogP contribution in [0.2, 0.25) is 10.0 Å².